The minimum Gasteiger partial charge on any atom is -0.454 e. The molecule has 1 atom stereocenters. The molecule has 0 N–H and O–H groups in total. The van der Waals surface area contributed by atoms with Crippen molar-refractivity contribution in [2.75, 3.05) is 6.79 Å². The van der Waals surface area contributed by atoms with Gasteiger partial charge in [0.1, 0.15) is 11.1 Å². The van der Waals surface area contributed by atoms with E-state index in [-0.39, 0.29) is 6.79 Å². The van der Waals surface area contributed by atoms with Crippen molar-refractivity contribution in [2.45, 2.75) is 26.2 Å². The van der Waals surface area contributed by atoms with Crippen LogP contribution in [-0.4, -0.2) is 13.0 Å². The highest BCUT2D eigenvalue weighted by atomic mass is 32.1. The van der Waals surface area contributed by atoms with Gasteiger partial charge in [0.05, 0.1) is 5.56 Å². The molecular formula is C18H16N2O2S. The Balaban J connectivity index is 1.65. The third kappa shape index (κ3) is 2.60. The molecule has 2 heterocycles. The molecule has 0 saturated carbocycles. The van der Waals surface area contributed by atoms with Crippen LogP contribution >= 0.6 is 11.3 Å². The maximum absolute atomic E-state index is 9.50. The number of aliphatic imine (C=N–C) groups is 1. The summed E-state index contributed by atoms with van der Waals surface area (Å²) in [6.07, 6.45) is 5.01. The fourth-order valence-electron chi connectivity index (χ4n) is 3.07. The third-order valence-electron chi connectivity index (χ3n) is 4.33. The second-order valence-corrected chi connectivity index (χ2v) is 7.10. The Bertz CT molecular complexity index is 832. The Morgan fingerprint density at radius 2 is 2.22 bits per heavy atom. The zero-order chi connectivity index (χ0) is 15.8. The molecule has 116 valence electrons. The Morgan fingerprint density at radius 1 is 1.35 bits per heavy atom. The first-order valence-corrected chi connectivity index (χ1v) is 8.54. The normalized spacial score (nSPS) is 18.9. The van der Waals surface area contributed by atoms with Crippen LogP contribution in [0.5, 0.6) is 11.5 Å². The van der Waals surface area contributed by atoms with Crippen molar-refractivity contribution in [1.82, 2.24) is 0 Å². The lowest BCUT2D eigenvalue weighted by Crippen LogP contribution is -2.09. The van der Waals surface area contributed by atoms with Crippen molar-refractivity contribution in [3.05, 3.63) is 39.8 Å². The van der Waals surface area contributed by atoms with E-state index in [0.717, 1.165) is 46.9 Å². The summed E-state index contributed by atoms with van der Waals surface area (Å²) in [6.45, 7) is 2.54. The number of hydrogen-bond acceptors (Lipinski definition) is 5. The van der Waals surface area contributed by atoms with Gasteiger partial charge in [-0.1, -0.05) is 6.92 Å². The number of rotatable bonds is 2. The van der Waals surface area contributed by atoms with Crippen molar-refractivity contribution in [1.29, 1.82) is 5.26 Å². The minimum absolute atomic E-state index is 0.268. The zero-order valence-corrected chi connectivity index (χ0v) is 13.7. The van der Waals surface area contributed by atoms with Crippen LogP contribution in [0.3, 0.4) is 0 Å². The number of ether oxygens (including phenoxy) is 2. The van der Waals surface area contributed by atoms with E-state index in [1.54, 1.807) is 17.6 Å². The number of nitrogens with zero attached hydrogens (tertiary/aromatic N) is 2. The van der Waals surface area contributed by atoms with Gasteiger partial charge in [0, 0.05) is 11.1 Å². The van der Waals surface area contributed by atoms with Gasteiger partial charge in [0.2, 0.25) is 6.79 Å². The average Bonchev–Trinajstić information content (AvgIpc) is 3.15. The molecular weight excluding hydrogens is 308 g/mol. The fourth-order valence-corrected chi connectivity index (χ4v) is 4.37. The van der Waals surface area contributed by atoms with Crippen LogP contribution < -0.4 is 9.47 Å². The van der Waals surface area contributed by atoms with E-state index in [1.165, 1.54) is 10.4 Å². The van der Waals surface area contributed by atoms with Gasteiger partial charge < -0.3 is 9.47 Å². The fraction of sp³-hybridized carbons (Fsp3) is 0.333. The molecule has 1 aromatic carbocycles. The van der Waals surface area contributed by atoms with Crippen molar-refractivity contribution in [3.63, 3.8) is 0 Å². The predicted molar refractivity (Wildman–Crippen MR) is 90.0 cm³/mol. The average molecular weight is 324 g/mol. The topological polar surface area (TPSA) is 54.6 Å². The second kappa shape index (κ2) is 5.71. The first-order valence-electron chi connectivity index (χ1n) is 7.73. The molecule has 0 amide bonds. The highest BCUT2D eigenvalue weighted by Crippen LogP contribution is 2.40. The van der Waals surface area contributed by atoms with Gasteiger partial charge in [0.25, 0.3) is 0 Å². The molecule has 5 heteroatoms. The summed E-state index contributed by atoms with van der Waals surface area (Å²) in [4.78, 5) is 5.91. The van der Waals surface area contributed by atoms with Gasteiger partial charge in [-0.25, -0.2) is 4.99 Å². The quantitative estimate of drug-likeness (QED) is 0.777. The molecule has 0 fully saturated rings. The first-order chi connectivity index (χ1) is 11.2. The number of fused-ring (bicyclic) bond motifs is 2. The summed E-state index contributed by atoms with van der Waals surface area (Å²) in [5, 5.41) is 10.3. The molecule has 2 aromatic rings. The smallest absolute Gasteiger partial charge is 0.231 e. The van der Waals surface area contributed by atoms with Crippen LogP contribution in [0.2, 0.25) is 0 Å². The summed E-state index contributed by atoms with van der Waals surface area (Å²) in [7, 11) is 0. The van der Waals surface area contributed by atoms with Gasteiger partial charge in [0.15, 0.2) is 11.5 Å². The van der Waals surface area contributed by atoms with E-state index in [0.29, 0.717) is 5.92 Å². The van der Waals surface area contributed by atoms with Crippen LogP contribution in [0.4, 0.5) is 5.00 Å². The molecule has 0 bridgehead atoms. The summed E-state index contributed by atoms with van der Waals surface area (Å²) < 4.78 is 10.7. The van der Waals surface area contributed by atoms with E-state index in [4.69, 9.17) is 9.47 Å². The van der Waals surface area contributed by atoms with Gasteiger partial charge in [-0.05, 0) is 54.5 Å². The number of hydrogen-bond donors (Lipinski definition) is 0. The molecule has 4 nitrogen and oxygen atoms in total. The van der Waals surface area contributed by atoms with Gasteiger partial charge in [-0.3, -0.25) is 0 Å². The lowest BCUT2D eigenvalue weighted by molar-refractivity contribution is 0.174. The zero-order valence-electron chi connectivity index (χ0n) is 12.8. The molecule has 1 aromatic heterocycles. The lowest BCUT2D eigenvalue weighted by atomic mass is 9.89. The summed E-state index contributed by atoms with van der Waals surface area (Å²) in [5.41, 5.74) is 2.92. The number of benzene rings is 1. The molecule has 23 heavy (non-hydrogen) atoms. The molecule has 1 aliphatic carbocycles. The Labute approximate surface area is 139 Å². The maximum Gasteiger partial charge on any atom is 0.231 e. The molecule has 4 rings (SSSR count). The predicted octanol–water partition coefficient (Wildman–Crippen LogP) is 4.22. The van der Waals surface area contributed by atoms with E-state index in [2.05, 4.69) is 18.0 Å². The molecule has 0 saturated heterocycles. The highest BCUT2D eigenvalue weighted by molar-refractivity contribution is 7.16. The highest BCUT2D eigenvalue weighted by Gasteiger charge is 2.23. The Morgan fingerprint density at radius 3 is 3.09 bits per heavy atom. The first kappa shape index (κ1) is 14.3. The van der Waals surface area contributed by atoms with Gasteiger partial charge >= 0.3 is 0 Å². The second-order valence-electron chi connectivity index (χ2n) is 6.01. The molecule has 0 unspecified atom stereocenters. The number of nitriles is 1. The van der Waals surface area contributed by atoms with Crippen molar-refractivity contribution >= 4 is 22.6 Å². The van der Waals surface area contributed by atoms with E-state index in [1.807, 2.05) is 18.2 Å². The molecule has 0 spiro atoms. The Hall–Kier alpha value is -2.32. The summed E-state index contributed by atoms with van der Waals surface area (Å²) >= 11 is 1.66. The van der Waals surface area contributed by atoms with Crippen LogP contribution in [0.1, 0.15) is 34.9 Å². The Kier molecular flexibility index (Phi) is 3.55. The van der Waals surface area contributed by atoms with Crippen molar-refractivity contribution in [2.24, 2.45) is 10.9 Å². The van der Waals surface area contributed by atoms with Crippen LogP contribution in [0, 0.1) is 17.2 Å². The largest absolute Gasteiger partial charge is 0.454 e. The SMILES string of the molecule is C[C@@H]1CCc2c(sc(N=Cc3ccc4c(c3)OCO4)c2C#N)C1. The van der Waals surface area contributed by atoms with Crippen molar-refractivity contribution in [3.8, 4) is 17.6 Å². The van der Waals surface area contributed by atoms with Crippen molar-refractivity contribution < 1.29 is 9.47 Å². The standard InChI is InChI=1S/C18H16N2O2S/c1-11-2-4-13-14(8-19)18(23-17(13)6-11)20-9-12-3-5-15-16(7-12)22-10-21-15/h3,5,7,9,11H,2,4,6,10H2,1H3/t11-/m1/s1. The van der Waals surface area contributed by atoms with E-state index >= 15 is 0 Å². The summed E-state index contributed by atoms with van der Waals surface area (Å²) in [6, 6.07) is 8.09. The molecule has 1 aliphatic heterocycles. The van der Waals surface area contributed by atoms with Gasteiger partial charge in [-0.2, -0.15) is 5.26 Å². The number of thiophene rings is 1. The lowest BCUT2D eigenvalue weighted by Gasteiger charge is -2.17. The van der Waals surface area contributed by atoms with Crippen LogP contribution in [0.25, 0.3) is 0 Å². The van der Waals surface area contributed by atoms with Crippen LogP contribution in [-0.2, 0) is 12.8 Å². The monoisotopic (exact) mass is 324 g/mol. The third-order valence-corrected chi connectivity index (χ3v) is 5.49. The molecule has 0 radical (unpaired) electrons. The summed E-state index contributed by atoms with van der Waals surface area (Å²) in [5.74, 6) is 2.20. The van der Waals surface area contributed by atoms with E-state index in [9.17, 15) is 5.26 Å². The minimum atomic E-state index is 0.268. The molecule has 2 aliphatic rings. The maximum atomic E-state index is 9.50. The van der Waals surface area contributed by atoms with E-state index < -0.39 is 0 Å². The van der Waals surface area contributed by atoms with Gasteiger partial charge in [-0.15, -0.1) is 11.3 Å². The van der Waals surface area contributed by atoms with Crippen LogP contribution in [0.15, 0.2) is 23.2 Å².